The summed E-state index contributed by atoms with van der Waals surface area (Å²) in [7, 11) is 3.06. The van der Waals surface area contributed by atoms with Crippen molar-refractivity contribution in [2.45, 2.75) is 0 Å². The highest BCUT2D eigenvalue weighted by Gasteiger charge is 2.12. The van der Waals surface area contributed by atoms with E-state index in [1.54, 1.807) is 19.2 Å². The number of methoxy groups -OCH3 is 2. The molecule has 0 saturated carbocycles. The molecule has 0 aliphatic carbocycles. The molecule has 0 saturated heterocycles. The zero-order chi connectivity index (χ0) is 13.8. The average molecular weight is 258 g/mol. The van der Waals surface area contributed by atoms with Gasteiger partial charge in [-0.05, 0) is 35.4 Å². The van der Waals surface area contributed by atoms with Crippen molar-refractivity contribution in [3.8, 4) is 22.6 Å². The summed E-state index contributed by atoms with van der Waals surface area (Å²) in [5.74, 6) is 0.104. The molecule has 2 aromatic carbocycles. The van der Waals surface area contributed by atoms with E-state index >= 15 is 0 Å². The van der Waals surface area contributed by atoms with E-state index in [1.165, 1.54) is 7.11 Å². The molecule has 0 aromatic heterocycles. The molecular weight excluding hydrogens is 244 g/mol. The van der Waals surface area contributed by atoms with Gasteiger partial charge in [0.1, 0.15) is 17.1 Å². The maximum atomic E-state index is 11.2. The van der Waals surface area contributed by atoms with Crippen LogP contribution in [0, 0.1) is 0 Å². The number of carbonyl (C=O) groups is 1. The fraction of sp³-hybridized carbons (Fsp3) is 0.133. The third-order valence-corrected chi connectivity index (χ3v) is 2.85. The highest BCUT2D eigenvalue weighted by molar-refractivity contribution is 5.92. The molecule has 0 fully saturated rings. The van der Waals surface area contributed by atoms with Gasteiger partial charge in [-0.25, -0.2) is 4.79 Å². The zero-order valence-electron chi connectivity index (χ0n) is 10.7. The minimum Gasteiger partial charge on any atom is -0.497 e. The van der Waals surface area contributed by atoms with Gasteiger partial charge >= 0.3 is 5.97 Å². The minimum absolute atomic E-state index is 0.149. The SMILES string of the molecule is COc1ccc(-c2ccc(OC)c(C(=O)O)c2)cc1. The summed E-state index contributed by atoms with van der Waals surface area (Å²) < 4.78 is 10.1. The Morgan fingerprint density at radius 3 is 2.11 bits per heavy atom. The molecule has 2 rings (SSSR count). The first-order valence-corrected chi connectivity index (χ1v) is 5.71. The zero-order valence-corrected chi connectivity index (χ0v) is 10.7. The molecule has 0 atom stereocenters. The van der Waals surface area contributed by atoms with Crippen molar-refractivity contribution in [1.82, 2.24) is 0 Å². The first-order valence-electron chi connectivity index (χ1n) is 5.71. The number of aromatic carboxylic acids is 1. The largest absolute Gasteiger partial charge is 0.497 e. The van der Waals surface area contributed by atoms with Gasteiger partial charge in [0, 0.05) is 0 Å². The summed E-state index contributed by atoms with van der Waals surface area (Å²) >= 11 is 0. The number of ether oxygens (including phenoxy) is 2. The number of rotatable bonds is 4. The van der Waals surface area contributed by atoms with Gasteiger partial charge in [-0.1, -0.05) is 18.2 Å². The number of benzene rings is 2. The van der Waals surface area contributed by atoms with Crippen LogP contribution in [0.25, 0.3) is 11.1 Å². The molecule has 1 N–H and O–H groups in total. The van der Waals surface area contributed by atoms with Crippen molar-refractivity contribution < 1.29 is 19.4 Å². The predicted molar refractivity (Wildman–Crippen MR) is 71.9 cm³/mol. The molecule has 0 heterocycles. The van der Waals surface area contributed by atoms with Crippen LogP contribution in [0.3, 0.4) is 0 Å². The number of hydrogen-bond acceptors (Lipinski definition) is 3. The van der Waals surface area contributed by atoms with Crippen LogP contribution in [0.5, 0.6) is 11.5 Å². The second-order valence-corrected chi connectivity index (χ2v) is 3.95. The van der Waals surface area contributed by atoms with Gasteiger partial charge < -0.3 is 14.6 Å². The lowest BCUT2D eigenvalue weighted by atomic mass is 10.0. The maximum absolute atomic E-state index is 11.2. The van der Waals surface area contributed by atoms with E-state index in [-0.39, 0.29) is 5.56 Å². The molecule has 98 valence electrons. The standard InChI is InChI=1S/C15H14O4/c1-18-12-6-3-10(4-7-12)11-5-8-14(19-2)13(9-11)15(16)17/h3-9H,1-2H3,(H,16,17). The lowest BCUT2D eigenvalue weighted by Gasteiger charge is -2.08. The minimum atomic E-state index is -1.01. The van der Waals surface area contributed by atoms with Crippen LogP contribution < -0.4 is 9.47 Å². The van der Waals surface area contributed by atoms with Crippen molar-refractivity contribution in [3.63, 3.8) is 0 Å². The molecule has 4 heteroatoms. The van der Waals surface area contributed by atoms with Gasteiger partial charge in [0.2, 0.25) is 0 Å². The highest BCUT2D eigenvalue weighted by atomic mass is 16.5. The van der Waals surface area contributed by atoms with Crippen LogP contribution >= 0.6 is 0 Å². The van der Waals surface area contributed by atoms with E-state index in [4.69, 9.17) is 14.6 Å². The van der Waals surface area contributed by atoms with Crippen LogP contribution in [0.4, 0.5) is 0 Å². The van der Waals surface area contributed by atoms with E-state index in [1.807, 2.05) is 30.3 Å². The van der Waals surface area contributed by atoms with E-state index in [2.05, 4.69) is 0 Å². The first-order chi connectivity index (χ1) is 9.15. The summed E-state index contributed by atoms with van der Waals surface area (Å²) in [5, 5.41) is 9.15. The van der Waals surface area contributed by atoms with Gasteiger partial charge in [-0.2, -0.15) is 0 Å². The second-order valence-electron chi connectivity index (χ2n) is 3.95. The second kappa shape index (κ2) is 5.44. The van der Waals surface area contributed by atoms with Crippen molar-refractivity contribution in [2.75, 3.05) is 14.2 Å². The van der Waals surface area contributed by atoms with E-state index in [9.17, 15) is 4.79 Å². The van der Waals surface area contributed by atoms with E-state index in [0.29, 0.717) is 5.75 Å². The Hall–Kier alpha value is -2.49. The molecule has 0 unspecified atom stereocenters. The van der Waals surface area contributed by atoms with Crippen molar-refractivity contribution >= 4 is 5.97 Å². The Morgan fingerprint density at radius 1 is 0.947 bits per heavy atom. The van der Waals surface area contributed by atoms with Gasteiger partial charge in [-0.15, -0.1) is 0 Å². The summed E-state index contributed by atoms with van der Waals surface area (Å²) in [4.78, 5) is 11.2. The van der Waals surface area contributed by atoms with Gasteiger partial charge in [0.25, 0.3) is 0 Å². The third-order valence-electron chi connectivity index (χ3n) is 2.85. The van der Waals surface area contributed by atoms with Crippen molar-refractivity contribution in [3.05, 3.63) is 48.0 Å². The fourth-order valence-electron chi connectivity index (χ4n) is 1.84. The van der Waals surface area contributed by atoms with Gasteiger partial charge in [-0.3, -0.25) is 0 Å². The molecule has 0 spiro atoms. The Balaban J connectivity index is 2.44. The van der Waals surface area contributed by atoms with Crippen LogP contribution in [0.1, 0.15) is 10.4 Å². The predicted octanol–water partition coefficient (Wildman–Crippen LogP) is 3.07. The maximum Gasteiger partial charge on any atom is 0.339 e. The lowest BCUT2D eigenvalue weighted by Crippen LogP contribution is -2.00. The lowest BCUT2D eigenvalue weighted by molar-refractivity contribution is 0.0693. The topological polar surface area (TPSA) is 55.8 Å². The highest BCUT2D eigenvalue weighted by Crippen LogP contribution is 2.27. The van der Waals surface area contributed by atoms with Gasteiger partial charge in [0.05, 0.1) is 14.2 Å². The molecule has 0 aliphatic heterocycles. The average Bonchev–Trinajstić information content (AvgIpc) is 2.46. The normalized spacial score (nSPS) is 10.0. The van der Waals surface area contributed by atoms with Crippen LogP contribution in [0.2, 0.25) is 0 Å². The summed E-state index contributed by atoms with van der Waals surface area (Å²) in [6.07, 6.45) is 0. The van der Waals surface area contributed by atoms with Crippen LogP contribution in [0.15, 0.2) is 42.5 Å². The molecule has 0 aliphatic rings. The van der Waals surface area contributed by atoms with Gasteiger partial charge in [0.15, 0.2) is 0 Å². The van der Waals surface area contributed by atoms with Crippen molar-refractivity contribution in [1.29, 1.82) is 0 Å². The summed E-state index contributed by atoms with van der Waals surface area (Å²) in [6.45, 7) is 0. The Morgan fingerprint density at radius 2 is 1.58 bits per heavy atom. The molecule has 2 aromatic rings. The van der Waals surface area contributed by atoms with E-state index in [0.717, 1.165) is 16.9 Å². The molecule has 0 bridgehead atoms. The molecule has 4 nitrogen and oxygen atoms in total. The Labute approximate surface area is 111 Å². The smallest absolute Gasteiger partial charge is 0.339 e. The third kappa shape index (κ3) is 2.68. The molecule has 0 radical (unpaired) electrons. The molecular formula is C15H14O4. The molecule has 19 heavy (non-hydrogen) atoms. The number of carboxylic acid groups (broad SMARTS) is 1. The quantitative estimate of drug-likeness (QED) is 0.915. The van der Waals surface area contributed by atoms with Crippen LogP contribution in [-0.2, 0) is 0 Å². The summed E-state index contributed by atoms with van der Waals surface area (Å²) in [6, 6.07) is 12.5. The number of hydrogen-bond donors (Lipinski definition) is 1. The van der Waals surface area contributed by atoms with Crippen molar-refractivity contribution in [2.24, 2.45) is 0 Å². The monoisotopic (exact) mass is 258 g/mol. The molecule has 0 amide bonds. The first kappa shape index (κ1) is 13.0. The Kier molecular flexibility index (Phi) is 3.71. The Bertz CT molecular complexity index is 588. The number of carboxylic acids is 1. The van der Waals surface area contributed by atoms with Crippen LogP contribution in [-0.4, -0.2) is 25.3 Å². The summed E-state index contributed by atoms with van der Waals surface area (Å²) in [5.41, 5.74) is 1.89. The van der Waals surface area contributed by atoms with E-state index < -0.39 is 5.97 Å². The fourth-order valence-corrected chi connectivity index (χ4v) is 1.84.